The number of rotatable bonds is 8. The molecule has 1 atom stereocenters. The van der Waals surface area contributed by atoms with Crippen molar-refractivity contribution < 1.29 is 0 Å². The van der Waals surface area contributed by atoms with Gasteiger partial charge in [-0.15, -0.1) is 11.3 Å². The molecular formula is C15H27N3S. The van der Waals surface area contributed by atoms with Gasteiger partial charge in [0, 0.05) is 30.6 Å². The lowest BCUT2D eigenvalue weighted by atomic mass is 9.86. The van der Waals surface area contributed by atoms with Crippen LogP contribution in [-0.4, -0.2) is 36.1 Å². The van der Waals surface area contributed by atoms with E-state index < -0.39 is 0 Å². The van der Waals surface area contributed by atoms with Gasteiger partial charge >= 0.3 is 0 Å². The molecule has 19 heavy (non-hydrogen) atoms. The third kappa shape index (κ3) is 4.55. The zero-order valence-corrected chi connectivity index (χ0v) is 13.5. The molecule has 1 N–H and O–H groups in total. The number of hydrogen-bond acceptors (Lipinski definition) is 4. The molecule has 1 unspecified atom stereocenters. The molecule has 1 saturated carbocycles. The summed E-state index contributed by atoms with van der Waals surface area (Å²) in [5, 5.41) is 3.69. The largest absolute Gasteiger partial charge is 0.313 e. The van der Waals surface area contributed by atoms with Gasteiger partial charge in [-0.2, -0.15) is 0 Å². The second-order valence-corrected chi connectivity index (χ2v) is 7.29. The SMILES string of the molecule is CCC(C)(CNC1CC1)CN(C)Cc1scnc1C. The van der Waals surface area contributed by atoms with Crippen LogP contribution in [0.15, 0.2) is 5.51 Å². The summed E-state index contributed by atoms with van der Waals surface area (Å²) in [5.41, 5.74) is 3.51. The van der Waals surface area contributed by atoms with Gasteiger partial charge in [-0.1, -0.05) is 13.8 Å². The van der Waals surface area contributed by atoms with E-state index in [1.54, 1.807) is 11.3 Å². The third-order valence-corrected chi connectivity index (χ3v) is 5.08. The smallest absolute Gasteiger partial charge is 0.0798 e. The summed E-state index contributed by atoms with van der Waals surface area (Å²) in [6.07, 6.45) is 3.96. The molecule has 1 heterocycles. The lowest BCUT2D eigenvalue weighted by Gasteiger charge is -2.33. The van der Waals surface area contributed by atoms with Crippen molar-refractivity contribution in [1.82, 2.24) is 15.2 Å². The van der Waals surface area contributed by atoms with Gasteiger partial charge in [0.25, 0.3) is 0 Å². The second kappa shape index (κ2) is 6.33. The van der Waals surface area contributed by atoms with Gasteiger partial charge in [-0.05, 0) is 38.6 Å². The Bertz CT molecular complexity index is 400. The normalized spacial score (nSPS) is 18.8. The van der Waals surface area contributed by atoms with Crippen LogP contribution in [0.5, 0.6) is 0 Å². The Hall–Kier alpha value is -0.450. The molecule has 1 aliphatic carbocycles. The second-order valence-electron chi connectivity index (χ2n) is 6.35. The molecule has 4 heteroatoms. The van der Waals surface area contributed by atoms with Crippen LogP contribution in [0.3, 0.4) is 0 Å². The standard InChI is InChI=1S/C15H27N3S/c1-5-15(3,9-16-13-6-7-13)10-18(4)8-14-12(2)17-11-19-14/h11,13,16H,5-10H2,1-4H3. The van der Waals surface area contributed by atoms with Crippen LogP contribution in [0.1, 0.15) is 43.7 Å². The van der Waals surface area contributed by atoms with Crippen LogP contribution in [0.2, 0.25) is 0 Å². The summed E-state index contributed by atoms with van der Waals surface area (Å²) >= 11 is 1.77. The Morgan fingerprint density at radius 3 is 2.79 bits per heavy atom. The fourth-order valence-electron chi connectivity index (χ4n) is 2.40. The average molecular weight is 281 g/mol. The summed E-state index contributed by atoms with van der Waals surface area (Å²) in [4.78, 5) is 8.18. The van der Waals surface area contributed by atoms with Crippen molar-refractivity contribution in [2.24, 2.45) is 5.41 Å². The molecule has 0 radical (unpaired) electrons. The summed E-state index contributed by atoms with van der Waals surface area (Å²) in [6.45, 7) is 10.1. The maximum atomic E-state index is 4.33. The first-order chi connectivity index (χ1) is 9.02. The maximum Gasteiger partial charge on any atom is 0.0798 e. The minimum atomic E-state index is 0.371. The summed E-state index contributed by atoms with van der Waals surface area (Å²) in [5.74, 6) is 0. The number of nitrogens with one attached hydrogen (secondary N) is 1. The van der Waals surface area contributed by atoms with E-state index in [0.717, 1.165) is 25.7 Å². The topological polar surface area (TPSA) is 28.2 Å². The van der Waals surface area contributed by atoms with E-state index in [-0.39, 0.29) is 0 Å². The van der Waals surface area contributed by atoms with Crippen molar-refractivity contribution in [2.75, 3.05) is 20.1 Å². The highest BCUT2D eigenvalue weighted by Crippen LogP contribution is 2.26. The molecule has 0 aromatic carbocycles. The lowest BCUT2D eigenvalue weighted by molar-refractivity contribution is 0.175. The van der Waals surface area contributed by atoms with Gasteiger partial charge < -0.3 is 10.2 Å². The van der Waals surface area contributed by atoms with Gasteiger partial charge in [-0.25, -0.2) is 4.98 Å². The molecule has 108 valence electrons. The van der Waals surface area contributed by atoms with Crippen molar-refractivity contribution in [3.05, 3.63) is 16.1 Å². The van der Waals surface area contributed by atoms with E-state index in [9.17, 15) is 0 Å². The number of aromatic nitrogens is 1. The van der Waals surface area contributed by atoms with E-state index in [4.69, 9.17) is 0 Å². The van der Waals surface area contributed by atoms with Gasteiger partial charge in [0.2, 0.25) is 0 Å². The summed E-state index contributed by atoms with van der Waals surface area (Å²) in [7, 11) is 2.23. The number of nitrogens with zero attached hydrogens (tertiary/aromatic N) is 2. The van der Waals surface area contributed by atoms with Crippen LogP contribution in [0.25, 0.3) is 0 Å². The highest BCUT2D eigenvalue weighted by Gasteiger charge is 2.28. The van der Waals surface area contributed by atoms with E-state index >= 15 is 0 Å². The molecule has 3 nitrogen and oxygen atoms in total. The molecular weight excluding hydrogens is 254 g/mol. The van der Waals surface area contributed by atoms with Crippen LogP contribution in [0.4, 0.5) is 0 Å². The van der Waals surface area contributed by atoms with Crippen LogP contribution < -0.4 is 5.32 Å². The first kappa shape index (κ1) is 14.9. The van der Waals surface area contributed by atoms with Crippen molar-refractivity contribution in [3.63, 3.8) is 0 Å². The van der Waals surface area contributed by atoms with Gasteiger partial charge in [0.05, 0.1) is 11.2 Å². The van der Waals surface area contributed by atoms with Crippen LogP contribution in [0, 0.1) is 12.3 Å². The summed E-state index contributed by atoms with van der Waals surface area (Å²) in [6, 6.07) is 0.805. The van der Waals surface area contributed by atoms with E-state index in [0.29, 0.717) is 5.41 Å². The fraction of sp³-hybridized carbons (Fsp3) is 0.800. The number of hydrogen-bond donors (Lipinski definition) is 1. The monoisotopic (exact) mass is 281 g/mol. The highest BCUT2D eigenvalue weighted by atomic mass is 32.1. The molecule has 0 bridgehead atoms. The predicted octanol–water partition coefficient (Wildman–Crippen LogP) is 3.05. The summed E-state index contributed by atoms with van der Waals surface area (Å²) < 4.78 is 0. The first-order valence-electron chi connectivity index (χ1n) is 7.33. The molecule has 0 aliphatic heterocycles. The minimum Gasteiger partial charge on any atom is -0.313 e. The Labute approximate surface area is 121 Å². The molecule has 1 aliphatic rings. The number of aryl methyl sites for hydroxylation is 1. The van der Waals surface area contributed by atoms with Crippen molar-refractivity contribution in [1.29, 1.82) is 0 Å². The lowest BCUT2D eigenvalue weighted by Crippen LogP contribution is -2.41. The molecule has 1 aromatic heterocycles. The molecule has 0 spiro atoms. The zero-order valence-electron chi connectivity index (χ0n) is 12.7. The highest BCUT2D eigenvalue weighted by molar-refractivity contribution is 7.09. The van der Waals surface area contributed by atoms with Gasteiger partial charge in [0.15, 0.2) is 0 Å². The minimum absolute atomic E-state index is 0.371. The Balaban J connectivity index is 1.83. The quantitative estimate of drug-likeness (QED) is 0.794. The van der Waals surface area contributed by atoms with Crippen LogP contribution in [-0.2, 0) is 6.54 Å². The molecule has 2 rings (SSSR count). The third-order valence-electron chi connectivity index (χ3n) is 4.16. The Morgan fingerprint density at radius 1 is 1.53 bits per heavy atom. The molecule has 0 saturated heterocycles. The Kier molecular flexibility index (Phi) is 4.98. The fourth-order valence-corrected chi connectivity index (χ4v) is 3.26. The van der Waals surface area contributed by atoms with Crippen LogP contribution >= 0.6 is 11.3 Å². The predicted molar refractivity (Wildman–Crippen MR) is 82.6 cm³/mol. The Morgan fingerprint density at radius 2 is 2.26 bits per heavy atom. The van der Waals surface area contributed by atoms with Crippen molar-refractivity contribution in [2.45, 2.75) is 52.6 Å². The maximum absolute atomic E-state index is 4.33. The number of thiazole rings is 1. The van der Waals surface area contributed by atoms with Gasteiger partial charge in [0.1, 0.15) is 0 Å². The molecule has 1 aromatic rings. The van der Waals surface area contributed by atoms with E-state index in [1.807, 2.05) is 5.51 Å². The van der Waals surface area contributed by atoms with Crippen molar-refractivity contribution in [3.8, 4) is 0 Å². The molecule has 0 amide bonds. The zero-order chi connectivity index (χ0) is 13.9. The van der Waals surface area contributed by atoms with E-state index in [2.05, 4.69) is 43.0 Å². The van der Waals surface area contributed by atoms with Crippen molar-refractivity contribution >= 4 is 11.3 Å². The first-order valence-corrected chi connectivity index (χ1v) is 8.21. The van der Waals surface area contributed by atoms with Gasteiger partial charge in [-0.3, -0.25) is 0 Å². The van der Waals surface area contributed by atoms with E-state index in [1.165, 1.54) is 29.8 Å². The molecule has 1 fully saturated rings. The average Bonchev–Trinajstić information content (AvgIpc) is 3.12.